The van der Waals surface area contributed by atoms with E-state index in [1.165, 1.54) is 19.1 Å². The normalized spacial score (nSPS) is 25.6. The molecule has 0 N–H and O–H groups in total. The third-order valence-electron chi connectivity index (χ3n) is 3.59. The van der Waals surface area contributed by atoms with Crippen LogP contribution in [0.5, 0.6) is 0 Å². The molecule has 1 atom stereocenters. The van der Waals surface area contributed by atoms with Crippen molar-refractivity contribution in [2.24, 2.45) is 0 Å². The Morgan fingerprint density at radius 2 is 2.32 bits per heavy atom. The molecule has 104 valence electrons. The van der Waals surface area contributed by atoms with Gasteiger partial charge >= 0.3 is 5.97 Å². The number of hydrogen-bond acceptors (Lipinski definition) is 3. The molecule has 0 amide bonds. The van der Waals surface area contributed by atoms with E-state index < -0.39 is 0 Å². The number of hydrogen-bond donors (Lipinski definition) is 0. The van der Waals surface area contributed by atoms with E-state index in [9.17, 15) is 4.79 Å². The second kappa shape index (κ2) is 7.29. The zero-order valence-electron chi connectivity index (χ0n) is 11.6. The molecule has 3 nitrogen and oxygen atoms in total. The van der Waals surface area contributed by atoms with E-state index in [0.717, 1.165) is 37.9 Å². The highest BCUT2D eigenvalue weighted by atomic mass is 16.5. The second-order valence-corrected chi connectivity index (χ2v) is 4.96. The van der Waals surface area contributed by atoms with Gasteiger partial charge in [0.1, 0.15) is 0 Å². The average molecular weight is 262 g/mol. The lowest BCUT2D eigenvalue weighted by molar-refractivity contribution is -0.139. The number of ether oxygens (including phenoxy) is 2. The second-order valence-electron chi connectivity index (χ2n) is 4.96. The van der Waals surface area contributed by atoms with Gasteiger partial charge in [0.15, 0.2) is 0 Å². The van der Waals surface area contributed by atoms with Crippen LogP contribution in [-0.4, -0.2) is 25.8 Å². The number of rotatable bonds is 3. The Morgan fingerprint density at radius 3 is 3.05 bits per heavy atom. The molecule has 0 saturated carbocycles. The van der Waals surface area contributed by atoms with Crippen LogP contribution in [0.4, 0.5) is 0 Å². The predicted octanol–water partition coefficient (Wildman–Crippen LogP) is 3.32. The Bertz CT molecular complexity index is 398. The monoisotopic (exact) mass is 262 g/mol. The lowest BCUT2D eigenvalue weighted by atomic mass is 9.90. The third kappa shape index (κ3) is 4.06. The molecule has 1 heterocycles. The van der Waals surface area contributed by atoms with Crippen LogP contribution in [0.3, 0.4) is 0 Å². The molecule has 19 heavy (non-hydrogen) atoms. The molecular formula is C16H22O3. The first kappa shape index (κ1) is 14.1. The molecule has 0 spiro atoms. The minimum absolute atomic E-state index is 0.149. The van der Waals surface area contributed by atoms with Crippen molar-refractivity contribution in [1.29, 1.82) is 0 Å². The van der Waals surface area contributed by atoms with E-state index in [1.54, 1.807) is 0 Å². The number of carbonyl (C=O) groups excluding carboxylic acids is 1. The Labute approximate surface area is 115 Å². The molecule has 0 bridgehead atoms. The summed E-state index contributed by atoms with van der Waals surface area (Å²) in [4.78, 5) is 11.6. The zero-order valence-corrected chi connectivity index (χ0v) is 11.6. The van der Waals surface area contributed by atoms with Crippen LogP contribution < -0.4 is 0 Å². The quantitative estimate of drug-likeness (QED) is 0.732. The van der Waals surface area contributed by atoms with Crippen LogP contribution in [0.25, 0.3) is 0 Å². The Morgan fingerprint density at radius 1 is 1.42 bits per heavy atom. The van der Waals surface area contributed by atoms with Gasteiger partial charge in [0.05, 0.1) is 19.6 Å². The maximum absolute atomic E-state index is 11.6. The first-order valence-electron chi connectivity index (χ1n) is 7.06. The lowest BCUT2D eigenvalue weighted by Gasteiger charge is -2.27. The van der Waals surface area contributed by atoms with Gasteiger partial charge in [-0.15, -0.1) is 0 Å². The van der Waals surface area contributed by atoms with Gasteiger partial charge in [-0.05, 0) is 43.3 Å². The van der Waals surface area contributed by atoms with Crippen LogP contribution in [-0.2, 0) is 14.3 Å². The van der Waals surface area contributed by atoms with E-state index in [-0.39, 0.29) is 12.1 Å². The van der Waals surface area contributed by atoms with Crippen LogP contribution in [0, 0.1) is 0 Å². The van der Waals surface area contributed by atoms with Crippen LogP contribution >= 0.6 is 0 Å². The first-order chi connectivity index (χ1) is 9.31. The van der Waals surface area contributed by atoms with Crippen molar-refractivity contribution < 1.29 is 14.3 Å². The SMILES string of the molecule is COC(=O)CC1=C/C=C\CCC=C1C1CCCCO1. The molecular weight excluding hydrogens is 240 g/mol. The molecule has 2 aliphatic rings. The summed E-state index contributed by atoms with van der Waals surface area (Å²) in [5.41, 5.74) is 2.23. The molecule has 0 aromatic rings. The van der Waals surface area contributed by atoms with E-state index in [1.807, 2.05) is 12.2 Å². The fraction of sp³-hybridized carbons (Fsp3) is 0.562. The molecule has 1 unspecified atom stereocenters. The third-order valence-corrected chi connectivity index (χ3v) is 3.59. The van der Waals surface area contributed by atoms with E-state index >= 15 is 0 Å². The van der Waals surface area contributed by atoms with Gasteiger partial charge in [-0.1, -0.05) is 24.3 Å². The van der Waals surface area contributed by atoms with Crippen LogP contribution in [0.1, 0.15) is 38.5 Å². The van der Waals surface area contributed by atoms with E-state index in [4.69, 9.17) is 9.47 Å². The number of methoxy groups -OCH3 is 1. The van der Waals surface area contributed by atoms with Gasteiger partial charge in [0, 0.05) is 6.61 Å². The molecule has 0 aromatic heterocycles. The minimum atomic E-state index is -0.193. The molecule has 1 aliphatic heterocycles. The predicted molar refractivity (Wildman–Crippen MR) is 74.8 cm³/mol. The molecule has 0 aromatic carbocycles. The topological polar surface area (TPSA) is 35.5 Å². The number of allylic oxidation sites excluding steroid dienone is 4. The van der Waals surface area contributed by atoms with Crippen molar-refractivity contribution in [2.75, 3.05) is 13.7 Å². The molecule has 2 rings (SSSR count). The van der Waals surface area contributed by atoms with Gasteiger partial charge in [0.2, 0.25) is 0 Å². The molecule has 1 aliphatic carbocycles. The van der Waals surface area contributed by atoms with Crippen molar-refractivity contribution in [1.82, 2.24) is 0 Å². The smallest absolute Gasteiger partial charge is 0.309 e. The van der Waals surface area contributed by atoms with Gasteiger partial charge < -0.3 is 9.47 Å². The number of esters is 1. The van der Waals surface area contributed by atoms with E-state index in [2.05, 4.69) is 12.2 Å². The summed E-state index contributed by atoms with van der Waals surface area (Å²) in [7, 11) is 1.43. The summed E-state index contributed by atoms with van der Waals surface area (Å²) in [5.74, 6) is -0.193. The average Bonchev–Trinajstić information content (AvgIpc) is 2.43. The zero-order chi connectivity index (χ0) is 13.5. The lowest BCUT2D eigenvalue weighted by Crippen LogP contribution is -2.23. The summed E-state index contributed by atoms with van der Waals surface area (Å²) in [6.07, 6.45) is 14.3. The van der Waals surface area contributed by atoms with Crippen molar-refractivity contribution in [3.05, 3.63) is 35.5 Å². The Kier molecular flexibility index (Phi) is 5.40. The Hall–Kier alpha value is -1.35. The fourth-order valence-corrected chi connectivity index (χ4v) is 2.56. The summed E-state index contributed by atoms with van der Waals surface area (Å²) in [6, 6.07) is 0. The van der Waals surface area contributed by atoms with Gasteiger partial charge in [-0.25, -0.2) is 0 Å². The maximum Gasteiger partial charge on any atom is 0.309 e. The van der Waals surface area contributed by atoms with Crippen molar-refractivity contribution in [3.8, 4) is 0 Å². The minimum Gasteiger partial charge on any atom is -0.469 e. The summed E-state index contributed by atoms with van der Waals surface area (Å²) < 4.78 is 10.7. The van der Waals surface area contributed by atoms with Crippen LogP contribution in [0.15, 0.2) is 35.5 Å². The molecule has 0 radical (unpaired) electrons. The maximum atomic E-state index is 11.6. The van der Waals surface area contributed by atoms with Crippen molar-refractivity contribution >= 4 is 5.97 Å². The summed E-state index contributed by atoms with van der Waals surface area (Å²) in [5, 5.41) is 0. The number of carbonyl (C=O) groups is 1. The summed E-state index contributed by atoms with van der Waals surface area (Å²) in [6.45, 7) is 0.823. The van der Waals surface area contributed by atoms with Gasteiger partial charge in [-0.3, -0.25) is 4.79 Å². The van der Waals surface area contributed by atoms with Gasteiger partial charge in [0.25, 0.3) is 0 Å². The van der Waals surface area contributed by atoms with Crippen LogP contribution in [0.2, 0.25) is 0 Å². The largest absolute Gasteiger partial charge is 0.469 e. The highest BCUT2D eigenvalue weighted by Gasteiger charge is 2.22. The molecule has 3 heteroatoms. The standard InChI is InChI=1S/C16H22O3/c1-18-16(17)12-13-8-4-2-3-5-9-14(13)15-10-6-7-11-19-15/h2,4,8-9,15H,3,5-7,10-12H2,1H3/b4-2-,13-8?,14-9?. The fourth-order valence-electron chi connectivity index (χ4n) is 2.56. The molecule has 1 saturated heterocycles. The Balaban J connectivity index is 2.18. The van der Waals surface area contributed by atoms with Crippen molar-refractivity contribution in [2.45, 2.75) is 44.6 Å². The van der Waals surface area contributed by atoms with Crippen molar-refractivity contribution in [3.63, 3.8) is 0 Å². The highest BCUT2D eigenvalue weighted by molar-refractivity contribution is 5.74. The summed E-state index contributed by atoms with van der Waals surface area (Å²) >= 11 is 0. The first-order valence-corrected chi connectivity index (χ1v) is 7.06. The van der Waals surface area contributed by atoms with E-state index in [0.29, 0.717) is 6.42 Å². The highest BCUT2D eigenvalue weighted by Crippen LogP contribution is 2.28. The molecule has 1 fully saturated rings. The van der Waals surface area contributed by atoms with Gasteiger partial charge in [-0.2, -0.15) is 0 Å².